The first-order valence-electron chi connectivity index (χ1n) is 4.82. The summed E-state index contributed by atoms with van der Waals surface area (Å²) in [5, 5.41) is 16.4. The molecular formula is C13H14O4. The van der Waals surface area contributed by atoms with Crippen LogP contribution in [-0.2, 0) is 9.59 Å². The van der Waals surface area contributed by atoms with Gasteiger partial charge in [0, 0.05) is 6.08 Å². The zero-order chi connectivity index (χ0) is 13.3. The largest absolute Gasteiger partial charge is 0.478 e. The quantitative estimate of drug-likeness (QED) is 0.787. The van der Waals surface area contributed by atoms with E-state index in [4.69, 9.17) is 10.2 Å². The normalized spacial score (nSPS) is 9.24. The molecule has 0 amide bonds. The van der Waals surface area contributed by atoms with Crippen LogP contribution in [0.5, 0.6) is 0 Å². The fourth-order valence-electron chi connectivity index (χ4n) is 0.905. The molecule has 0 saturated heterocycles. The molecule has 0 atom stereocenters. The second-order valence-corrected chi connectivity index (χ2v) is 2.99. The van der Waals surface area contributed by atoms with Gasteiger partial charge in [0.15, 0.2) is 0 Å². The summed E-state index contributed by atoms with van der Waals surface area (Å²) in [7, 11) is 0. The summed E-state index contributed by atoms with van der Waals surface area (Å²) in [5.41, 5.74) is 0.783. The Morgan fingerprint density at radius 3 is 2.00 bits per heavy atom. The second-order valence-electron chi connectivity index (χ2n) is 2.99. The lowest BCUT2D eigenvalue weighted by atomic mass is 10.1. The van der Waals surface area contributed by atoms with Gasteiger partial charge in [-0.3, -0.25) is 0 Å². The third-order valence-corrected chi connectivity index (χ3v) is 1.69. The SMILES string of the molecule is C/C=C/C(=O)O.C=C(C(=O)O)c1ccccc1. The molecule has 0 bridgehead atoms. The van der Waals surface area contributed by atoms with Crippen LogP contribution >= 0.6 is 0 Å². The first kappa shape index (κ1) is 14.6. The van der Waals surface area contributed by atoms with E-state index in [2.05, 4.69) is 6.58 Å². The summed E-state index contributed by atoms with van der Waals surface area (Å²) in [6.07, 6.45) is 2.56. The monoisotopic (exact) mass is 234 g/mol. The first-order chi connectivity index (χ1) is 7.99. The smallest absolute Gasteiger partial charge is 0.335 e. The van der Waals surface area contributed by atoms with Crippen LogP contribution in [0.2, 0.25) is 0 Å². The third-order valence-electron chi connectivity index (χ3n) is 1.69. The van der Waals surface area contributed by atoms with Crippen LogP contribution in [0.15, 0.2) is 49.1 Å². The van der Waals surface area contributed by atoms with Crippen LogP contribution in [-0.4, -0.2) is 22.2 Å². The standard InChI is InChI=1S/C9H8O2.C4H6O2/c1-7(9(10)11)8-5-3-2-4-6-8;1-2-3-4(5)6/h2-6H,1H2,(H,10,11);2-3H,1H3,(H,5,6)/b;3-2+. The van der Waals surface area contributed by atoms with Crippen LogP contribution in [0, 0.1) is 0 Å². The minimum absolute atomic E-state index is 0.130. The van der Waals surface area contributed by atoms with Gasteiger partial charge in [0.05, 0.1) is 5.57 Å². The van der Waals surface area contributed by atoms with Crippen molar-refractivity contribution in [2.24, 2.45) is 0 Å². The molecule has 0 aliphatic rings. The van der Waals surface area contributed by atoms with Crippen LogP contribution in [0.25, 0.3) is 5.57 Å². The van der Waals surface area contributed by atoms with E-state index in [1.54, 1.807) is 31.2 Å². The Balaban J connectivity index is 0.000000366. The van der Waals surface area contributed by atoms with E-state index in [1.165, 1.54) is 6.08 Å². The van der Waals surface area contributed by atoms with Gasteiger partial charge in [0.1, 0.15) is 0 Å². The molecule has 0 heterocycles. The van der Waals surface area contributed by atoms with Crippen molar-refractivity contribution in [2.45, 2.75) is 6.92 Å². The summed E-state index contributed by atoms with van der Waals surface area (Å²) < 4.78 is 0. The highest BCUT2D eigenvalue weighted by Crippen LogP contribution is 2.10. The Bertz CT molecular complexity index is 418. The molecule has 0 fully saturated rings. The van der Waals surface area contributed by atoms with E-state index in [-0.39, 0.29) is 5.57 Å². The van der Waals surface area contributed by atoms with Gasteiger partial charge in [-0.25, -0.2) is 9.59 Å². The van der Waals surface area contributed by atoms with E-state index in [1.807, 2.05) is 6.07 Å². The van der Waals surface area contributed by atoms with E-state index in [0.29, 0.717) is 5.56 Å². The van der Waals surface area contributed by atoms with Gasteiger partial charge in [-0.1, -0.05) is 43.0 Å². The Labute approximate surface area is 99.5 Å². The molecule has 1 aromatic rings. The Morgan fingerprint density at radius 2 is 1.71 bits per heavy atom. The van der Waals surface area contributed by atoms with Crippen molar-refractivity contribution in [3.63, 3.8) is 0 Å². The van der Waals surface area contributed by atoms with E-state index >= 15 is 0 Å². The molecule has 4 heteroatoms. The Hall–Kier alpha value is -2.36. The molecule has 1 rings (SSSR count). The highest BCUT2D eigenvalue weighted by molar-refractivity contribution is 6.14. The van der Waals surface area contributed by atoms with Crippen LogP contribution < -0.4 is 0 Å². The maximum absolute atomic E-state index is 10.4. The molecule has 90 valence electrons. The number of aliphatic carboxylic acids is 2. The van der Waals surface area contributed by atoms with Gasteiger partial charge in [0.2, 0.25) is 0 Å². The average Bonchev–Trinajstić information content (AvgIpc) is 2.29. The Kier molecular flexibility index (Phi) is 6.78. The highest BCUT2D eigenvalue weighted by atomic mass is 16.4. The molecule has 1 aromatic carbocycles. The van der Waals surface area contributed by atoms with Crippen LogP contribution in [0.3, 0.4) is 0 Å². The lowest BCUT2D eigenvalue weighted by Crippen LogP contribution is -1.96. The highest BCUT2D eigenvalue weighted by Gasteiger charge is 2.04. The molecule has 0 aromatic heterocycles. The van der Waals surface area contributed by atoms with Gasteiger partial charge in [-0.2, -0.15) is 0 Å². The topological polar surface area (TPSA) is 74.6 Å². The summed E-state index contributed by atoms with van der Waals surface area (Å²) in [4.78, 5) is 19.9. The second kappa shape index (κ2) is 7.87. The summed E-state index contributed by atoms with van der Waals surface area (Å²) in [5.74, 6) is -1.87. The Morgan fingerprint density at radius 1 is 1.18 bits per heavy atom. The molecule has 0 radical (unpaired) electrons. The maximum Gasteiger partial charge on any atom is 0.335 e. The van der Waals surface area contributed by atoms with Crippen molar-refractivity contribution < 1.29 is 19.8 Å². The van der Waals surface area contributed by atoms with E-state index in [0.717, 1.165) is 6.08 Å². The lowest BCUT2D eigenvalue weighted by Gasteiger charge is -1.97. The molecule has 0 saturated carbocycles. The average molecular weight is 234 g/mol. The summed E-state index contributed by atoms with van der Waals surface area (Å²) in [6, 6.07) is 8.83. The van der Waals surface area contributed by atoms with Gasteiger partial charge in [-0.05, 0) is 12.5 Å². The molecular weight excluding hydrogens is 220 g/mol. The predicted octanol–water partition coefficient (Wildman–Crippen LogP) is 2.43. The van der Waals surface area contributed by atoms with Gasteiger partial charge < -0.3 is 10.2 Å². The maximum atomic E-state index is 10.4. The van der Waals surface area contributed by atoms with Crippen LogP contribution in [0.1, 0.15) is 12.5 Å². The molecule has 0 aliphatic heterocycles. The molecule has 0 unspecified atom stereocenters. The number of hydrogen-bond donors (Lipinski definition) is 2. The molecule has 0 spiro atoms. The number of carbonyl (C=O) groups is 2. The van der Waals surface area contributed by atoms with Gasteiger partial charge in [0.25, 0.3) is 0 Å². The van der Waals surface area contributed by atoms with Crippen LogP contribution in [0.4, 0.5) is 0 Å². The predicted molar refractivity (Wildman–Crippen MR) is 65.6 cm³/mol. The van der Waals surface area contributed by atoms with Gasteiger partial charge in [-0.15, -0.1) is 0 Å². The summed E-state index contributed by atoms with van der Waals surface area (Å²) in [6.45, 7) is 5.09. The minimum atomic E-state index is -0.976. The van der Waals surface area contributed by atoms with Crippen molar-refractivity contribution in [1.29, 1.82) is 0 Å². The third kappa shape index (κ3) is 6.67. The van der Waals surface area contributed by atoms with E-state index in [9.17, 15) is 9.59 Å². The number of allylic oxidation sites excluding steroid dienone is 1. The molecule has 17 heavy (non-hydrogen) atoms. The molecule has 0 aliphatic carbocycles. The minimum Gasteiger partial charge on any atom is -0.478 e. The lowest BCUT2D eigenvalue weighted by molar-refractivity contribution is -0.132. The molecule has 2 N–H and O–H groups in total. The zero-order valence-corrected chi connectivity index (χ0v) is 9.46. The van der Waals surface area contributed by atoms with Crippen molar-refractivity contribution in [3.05, 3.63) is 54.6 Å². The zero-order valence-electron chi connectivity index (χ0n) is 9.46. The fraction of sp³-hybridized carbons (Fsp3) is 0.0769. The van der Waals surface area contributed by atoms with Crippen molar-refractivity contribution in [3.8, 4) is 0 Å². The number of carboxylic acids is 2. The fourth-order valence-corrected chi connectivity index (χ4v) is 0.905. The number of benzene rings is 1. The summed E-state index contributed by atoms with van der Waals surface area (Å²) >= 11 is 0. The van der Waals surface area contributed by atoms with Gasteiger partial charge >= 0.3 is 11.9 Å². The molecule has 4 nitrogen and oxygen atoms in total. The van der Waals surface area contributed by atoms with Crippen molar-refractivity contribution in [1.82, 2.24) is 0 Å². The number of carboxylic acid groups (broad SMARTS) is 2. The number of rotatable bonds is 3. The first-order valence-corrected chi connectivity index (χ1v) is 4.82. The van der Waals surface area contributed by atoms with Crippen molar-refractivity contribution in [2.75, 3.05) is 0 Å². The number of hydrogen-bond acceptors (Lipinski definition) is 2. The van der Waals surface area contributed by atoms with Crippen molar-refractivity contribution >= 4 is 17.5 Å². The van der Waals surface area contributed by atoms with E-state index < -0.39 is 11.9 Å².